The van der Waals surface area contributed by atoms with Gasteiger partial charge in [-0.1, -0.05) is 13.8 Å². The standard InChI is InChI=1S/C13H22N4O2S/c1-9(2)12(19)17-13-16-10(8-20-13)7-11(18)15-6-4-5-14-3/h8-9,14H,4-7H2,1-3H3,(H,15,18)(H,16,17,19). The third-order valence-electron chi connectivity index (χ3n) is 2.57. The van der Waals surface area contributed by atoms with E-state index in [0.717, 1.165) is 13.0 Å². The summed E-state index contributed by atoms with van der Waals surface area (Å²) in [5.74, 6) is -0.201. The minimum atomic E-state index is -0.0853. The van der Waals surface area contributed by atoms with Crippen LogP contribution in [-0.4, -0.2) is 36.9 Å². The van der Waals surface area contributed by atoms with Gasteiger partial charge in [0.25, 0.3) is 0 Å². The number of rotatable bonds is 8. The maximum atomic E-state index is 11.7. The van der Waals surface area contributed by atoms with E-state index in [2.05, 4.69) is 20.9 Å². The molecule has 7 heteroatoms. The second kappa shape index (κ2) is 8.65. The summed E-state index contributed by atoms with van der Waals surface area (Å²) in [6.45, 7) is 5.17. The summed E-state index contributed by atoms with van der Waals surface area (Å²) in [7, 11) is 1.88. The Kier molecular flexibility index (Phi) is 7.17. The normalized spacial score (nSPS) is 10.6. The molecule has 1 heterocycles. The van der Waals surface area contributed by atoms with Crippen LogP contribution >= 0.6 is 11.3 Å². The van der Waals surface area contributed by atoms with E-state index >= 15 is 0 Å². The van der Waals surface area contributed by atoms with Crippen molar-refractivity contribution in [3.05, 3.63) is 11.1 Å². The van der Waals surface area contributed by atoms with Crippen molar-refractivity contribution in [2.24, 2.45) is 5.92 Å². The molecule has 0 aliphatic rings. The molecule has 0 aliphatic heterocycles. The van der Waals surface area contributed by atoms with Gasteiger partial charge in [0.05, 0.1) is 12.1 Å². The Bertz CT molecular complexity index is 445. The largest absolute Gasteiger partial charge is 0.356 e. The molecule has 0 bridgehead atoms. The molecule has 1 aromatic heterocycles. The van der Waals surface area contributed by atoms with E-state index in [9.17, 15) is 9.59 Å². The van der Waals surface area contributed by atoms with Gasteiger partial charge in [0.2, 0.25) is 11.8 Å². The van der Waals surface area contributed by atoms with Gasteiger partial charge < -0.3 is 16.0 Å². The molecule has 2 amide bonds. The zero-order valence-electron chi connectivity index (χ0n) is 12.2. The molecule has 0 saturated heterocycles. The molecule has 0 unspecified atom stereocenters. The van der Waals surface area contributed by atoms with E-state index in [0.29, 0.717) is 17.4 Å². The Morgan fingerprint density at radius 2 is 2.10 bits per heavy atom. The predicted molar refractivity (Wildman–Crippen MR) is 80.8 cm³/mol. The number of carbonyl (C=O) groups is 2. The second-order valence-corrected chi connectivity index (χ2v) is 5.63. The second-order valence-electron chi connectivity index (χ2n) is 4.77. The number of aromatic nitrogens is 1. The average Bonchev–Trinajstić information content (AvgIpc) is 2.81. The van der Waals surface area contributed by atoms with Crippen LogP contribution in [0.25, 0.3) is 0 Å². The number of thiazole rings is 1. The van der Waals surface area contributed by atoms with Gasteiger partial charge in [-0.25, -0.2) is 4.98 Å². The average molecular weight is 298 g/mol. The third-order valence-corrected chi connectivity index (χ3v) is 3.38. The van der Waals surface area contributed by atoms with Crippen LogP contribution in [0.1, 0.15) is 26.0 Å². The van der Waals surface area contributed by atoms with E-state index in [1.54, 1.807) is 5.38 Å². The van der Waals surface area contributed by atoms with Crippen LogP contribution in [0.15, 0.2) is 5.38 Å². The number of anilines is 1. The number of amides is 2. The highest BCUT2D eigenvalue weighted by molar-refractivity contribution is 7.13. The van der Waals surface area contributed by atoms with Gasteiger partial charge in [-0.05, 0) is 20.0 Å². The maximum Gasteiger partial charge on any atom is 0.228 e. The van der Waals surface area contributed by atoms with Crippen LogP contribution in [0.2, 0.25) is 0 Å². The van der Waals surface area contributed by atoms with E-state index in [1.165, 1.54) is 11.3 Å². The topological polar surface area (TPSA) is 83.1 Å². The summed E-state index contributed by atoms with van der Waals surface area (Å²) < 4.78 is 0. The highest BCUT2D eigenvalue weighted by Gasteiger charge is 2.11. The van der Waals surface area contributed by atoms with Crippen LogP contribution in [-0.2, 0) is 16.0 Å². The van der Waals surface area contributed by atoms with E-state index in [1.807, 2.05) is 20.9 Å². The Labute approximate surface area is 123 Å². The molecular weight excluding hydrogens is 276 g/mol. The molecule has 112 valence electrons. The van der Waals surface area contributed by atoms with Crippen molar-refractivity contribution in [1.82, 2.24) is 15.6 Å². The minimum absolute atomic E-state index is 0.0480. The Hall–Kier alpha value is -1.47. The summed E-state index contributed by atoms with van der Waals surface area (Å²) in [5.41, 5.74) is 0.681. The summed E-state index contributed by atoms with van der Waals surface area (Å²) in [4.78, 5) is 27.4. The van der Waals surface area contributed by atoms with Gasteiger partial charge in [0.1, 0.15) is 0 Å². The van der Waals surface area contributed by atoms with Gasteiger partial charge in [0.15, 0.2) is 5.13 Å². The monoisotopic (exact) mass is 298 g/mol. The van der Waals surface area contributed by atoms with Gasteiger partial charge in [-0.15, -0.1) is 11.3 Å². The van der Waals surface area contributed by atoms with Crippen molar-refractivity contribution in [1.29, 1.82) is 0 Å². The fraction of sp³-hybridized carbons (Fsp3) is 0.615. The van der Waals surface area contributed by atoms with Crippen molar-refractivity contribution in [2.75, 3.05) is 25.5 Å². The molecule has 3 N–H and O–H groups in total. The lowest BCUT2D eigenvalue weighted by atomic mass is 10.2. The summed E-state index contributed by atoms with van der Waals surface area (Å²) in [5, 5.41) is 10.9. The van der Waals surface area contributed by atoms with Crippen LogP contribution in [0, 0.1) is 5.92 Å². The number of nitrogens with one attached hydrogen (secondary N) is 3. The summed E-state index contributed by atoms with van der Waals surface area (Å²) in [6, 6.07) is 0. The van der Waals surface area contributed by atoms with Crippen molar-refractivity contribution in [3.63, 3.8) is 0 Å². The lowest BCUT2D eigenvalue weighted by Gasteiger charge is -2.04. The van der Waals surface area contributed by atoms with Gasteiger partial charge in [0, 0.05) is 17.8 Å². The van der Waals surface area contributed by atoms with Crippen molar-refractivity contribution >= 4 is 28.3 Å². The smallest absolute Gasteiger partial charge is 0.228 e. The molecule has 1 rings (SSSR count). The minimum Gasteiger partial charge on any atom is -0.356 e. The molecule has 0 aromatic carbocycles. The summed E-state index contributed by atoms with van der Waals surface area (Å²) >= 11 is 1.34. The molecule has 0 spiro atoms. The zero-order chi connectivity index (χ0) is 15.0. The van der Waals surface area contributed by atoms with E-state index < -0.39 is 0 Å². The Morgan fingerprint density at radius 3 is 2.75 bits per heavy atom. The summed E-state index contributed by atoms with van der Waals surface area (Å²) in [6.07, 6.45) is 1.14. The molecule has 0 saturated carbocycles. The fourth-order valence-electron chi connectivity index (χ4n) is 1.42. The van der Waals surface area contributed by atoms with Crippen LogP contribution in [0.3, 0.4) is 0 Å². The zero-order valence-corrected chi connectivity index (χ0v) is 13.0. The number of nitrogens with zero attached hydrogens (tertiary/aromatic N) is 1. The fourth-order valence-corrected chi connectivity index (χ4v) is 2.13. The van der Waals surface area contributed by atoms with Crippen molar-refractivity contribution in [3.8, 4) is 0 Å². The predicted octanol–water partition coefficient (Wildman–Crippen LogP) is 1.01. The molecular formula is C13H22N4O2S. The van der Waals surface area contributed by atoms with Crippen LogP contribution in [0.5, 0.6) is 0 Å². The first-order valence-electron chi connectivity index (χ1n) is 6.69. The molecule has 1 aromatic rings. The van der Waals surface area contributed by atoms with Gasteiger partial charge in [-0.3, -0.25) is 9.59 Å². The Morgan fingerprint density at radius 1 is 1.35 bits per heavy atom. The lowest BCUT2D eigenvalue weighted by molar-refractivity contribution is -0.120. The molecule has 6 nitrogen and oxygen atoms in total. The molecule has 20 heavy (non-hydrogen) atoms. The molecule has 0 atom stereocenters. The first-order chi connectivity index (χ1) is 9.52. The Balaban J connectivity index is 2.36. The highest BCUT2D eigenvalue weighted by atomic mass is 32.1. The van der Waals surface area contributed by atoms with Crippen LogP contribution < -0.4 is 16.0 Å². The van der Waals surface area contributed by atoms with Crippen LogP contribution in [0.4, 0.5) is 5.13 Å². The maximum absolute atomic E-state index is 11.7. The van der Waals surface area contributed by atoms with Gasteiger partial charge in [-0.2, -0.15) is 0 Å². The molecule has 0 radical (unpaired) electrons. The van der Waals surface area contributed by atoms with Gasteiger partial charge >= 0.3 is 0 Å². The van der Waals surface area contributed by atoms with E-state index in [4.69, 9.17) is 0 Å². The third kappa shape index (κ3) is 6.12. The first-order valence-corrected chi connectivity index (χ1v) is 7.57. The quantitative estimate of drug-likeness (QED) is 0.625. The number of hydrogen-bond donors (Lipinski definition) is 3. The first kappa shape index (κ1) is 16.6. The SMILES string of the molecule is CNCCCNC(=O)Cc1csc(NC(=O)C(C)C)n1. The van der Waals surface area contributed by atoms with Crippen molar-refractivity contribution < 1.29 is 9.59 Å². The number of carbonyl (C=O) groups excluding carboxylic acids is 2. The molecule has 0 fully saturated rings. The molecule has 0 aliphatic carbocycles. The highest BCUT2D eigenvalue weighted by Crippen LogP contribution is 2.16. The lowest BCUT2D eigenvalue weighted by Crippen LogP contribution is -2.28. The number of hydrogen-bond acceptors (Lipinski definition) is 5. The van der Waals surface area contributed by atoms with E-state index in [-0.39, 0.29) is 24.2 Å². The van der Waals surface area contributed by atoms with Crippen molar-refractivity contribution in [2.45, 2.75) is 26.7 Å².